The lowest BCUT2D eigenvalue weighted by molar-refractivity contribution is 0.413. The first kappa shape index (κ1) is 14.0. The lowest BCUT2D eigenvalue weighted by atomic mass is 9.86. The van der Waals surface area contributed by atoms with Gasteiger partial charge in [0.2, 0.25) is 0 Å². The van der Waals surface area contributed by atoms with Crippen LogP contribution >= 0.6 is 0 Å². The summed E-state index contributed by atoms with van der Waals surface area (Å²) in [7, 11) is 1.71. The van der Waals surface area contributed by atoms with Crippen molar-refractivity contribution in [1.29, 1.82) is 0 Å². The zero-order valence-corrected chi connectivity index (χ0v) is 11.7. The fourth-order valence-corrected chi connectivity index (χ4v) is 2.14. The van der Waals surface area contributed by atoms with Crippen molar-refractivity contribution < 1.29 is 4.74 Å². The summed E-state index contributed by atoms with van der Waals surface area (Å²) in [5, 5.41) is 3.42. The third kappa shape index (κ3) is 3.74. The Balaban J connectivity index is 2.77. The largest absolute Gasteiger partial charge is 0.497 e. The van der Waals surface area contributed by atoms with E-state index in [1.807, 2.05) is 0 Å². The Morgan fingerprint density at radius 2 is 2.00 bits per heavy atom. The summed E-state index contributed by atoms with van der Waals surface area (Å²) >= 11 is 0. The van der Waals surface area contributed by atoms with E-state index in [2.05, 4.69) is 51.2 Å². The molecule has 1 aromatic carbocycles. The van der Waals surface area contributed by atoms with Gasteiger partial charge in [0.25, 0.3) is 0 Å². The number of hydrogen-bond donors (Lipinski definition) is 1. The van der Waals surface area contributed by atoms with Crippen molar-refractivity contribution in [3.8, 4) is 5.75 Å². The number of aryl methyl sites for hydroxylation is 1. The number of methoxy groups -OCH3 is 1. The van der Waals surface area contributed by atoms with Crippen LogP contribution in [0.2, 0.25) is 0 Å². The second-order valence-corrected chi connectivity index (χ2v) is 4.80. The Labute approximate surface area is 105 Å². The average Bonchev–Trinajstić information content (AvgIpc) is 2.34. The van der Waals surface area contributed by atoms with Crippen molar-refractivity contribution in [3.63, 3.8) is 0 Å². The van der Waals surface area contributed by atoms with Gasteiger partial charge in [0.15, 0.2) is 0 Å². The smallest absolute Gasteiger partial charge is 0.119 e. The molecule has 2 unspecified atom stereocenters. The van der Waals surface area contributed by atoms with Crippen molar-refractivity contribution in [3.05, 3.63) is 29.3 Å². The highest BCUT2D eigenvalue weighted by Gasteiger charge is 2.16. The first-order valence-electron chi connectivity index (χ1n) is 6.45. The SMILES string of the molecule is CCNCC(C)C(C)c1ccc(OC)cc1C. The number of rotatable bonds is 6. The zero-order valence-electron chi connectivity index (χ0n) is 11.7. The predicted octanol–water partition coefficient (Wildman–Crippen LogP) is 3.35. The quantitative estimate of drug-likeness (QED) is 0.816. The molecule has 0 aliphatic heterocycles. The standard InChI is InChI=1S/C15H25NO/c1-6-16-10-12(3)13(4)15-8-7-14(17-5)9-11(15)2/h7-9,12-13,16H,6,10H2,1-5H3. The molecule has 0 radical (unpaired) electrons. The summed E-state index contributed by atoms with van der Waals surface area (Å²) in [6, 6.07) is 6.37. The topological polar surface area (TPSA) is 21.3 Å². The molecule has 0 spiro atoms. The molecule has 0 saturated heterocycles. The first-order chi connectivity index (χ1) is 8.10. The van der Waals surface area contributed by atoms with Crippen LogP contribution < -0.4 is 10.1 Å². The molecule has 2 heteroatoms. The van der Waals surface area contributed by atoms with Gasteiger partial charge in [0, 0.05) is 0 Å². The van der Waals surface area contributed by atoms with Crippen LogP contribution in [0.5, 0.6) is 5.75 Å². The van der Waals surface area contributed by atoms with Gasteiger partial charge in [-0.15, -0.1) is 0 Å². The lowest BCUT2D eigenvalue weighted by Crippen LogP contribution is -2.24. The van der Waals surface area contributed by atoms with E-state index in [4.69, 9.17) is 4.74 Å². The van der Waals surface area contributed by atoms with E-state index >= 15 is 0 Å². The Hall–Kier alpha value is -1.02. The Kier molecular flexibility index (Phi) is 5.49. The van der Waals surface area contributed by atoms with Crippen LogP contribution in [0.1, 0.15) is 37.8 Å². The minimum absolute atomic E-state index is 0.569. The first-order valence-corrected chi connectivity index (χ1v) is 6.45. The molecule has 2 atom stereocenters. The van der Waals surface area contributed by atoms with Crippen molar-refractivity contribution >= 4 is 0 Å². The lowest BCUT2D eigenvalue weighted by Gasteiger charge is -2.22. The summed E-state index contributed by atoms with van der Waals surface area (Å²) in [5.41, 5.74) is 2.75. The maximum Gasteiger partial charge on any atom is 0.119 e. The molecule has 0 amide bonds. The molecule has 17 heavy (non-hydrogen) atoms. The average molecular weight is 235 g/mol. The number of hydrogen-bond acceptors (Lipinski definition) is 2. The molecule has 0 heterocycles. The van der Waals surface area contributed by atoms with E-state index in [0.717, 1.165) is 18.8 Å². The summed E-state index contributed by atoms with van der Waals surface area (Å²) < 4.78 is 5.24. The minimum Gasteiger partial charge on any atom is -0.497 e. The number of ether oxygens (including phenoxy) is 1. The Bertz CT molecular complexity index is 349. The third-order valence-electron chi connectivity index (χ3n) is 3.54. The van der Waals surface area contributed by atoms with Crippen LogP contribution in [0.15, 0.2) is 18.2 Å². The van der Waals surface area contributed by atoms with Gasteiger partial charge in [0.1, 0.15) is 5.75 Å². The molecule has 96 valence electrons. The molecule has 0 bridgehead atoms. The van der Waals surface area contributed by atoms with Crippen LogP contribution in [0.3, 0.4) is 0 Å². The molecule has 0 saturated carbocycles. The third-order valence-corrected chi connectivity index (χ3v) is 3.54. The van der Waals surface area contributed by atoms with Crippen molar-refractivity contribution in [2.45, 2.75) is 33.6 Å². The molecule has 0 aliphatic rings. The highest BCUT2D eigenvalue weighted by molar-refractivity contribution is 5.36. The zero-order chi connectivity index (χ0) is 12.8. The second kappa shape index (κ2) is 6.65. The monoisotopic (exact) mass is 235 g/mol. The summed E-state index contributed by atoms with van der Waals surface area (Å²) in [5.74, 6) is 2.15. The molecule has 2 nitrogen and oxygen atoms in total. The molecule has 1 N–H and O–H groups in total. The molecular weight excluding hydrogens is 210 g/mol. The van der Waals surface area contributed by atoms with Crippen LogP contribution in [-0.4, -0.2) is 20.2 Å². The highest BCUT2D eigenvalue weighted by atomic mass is 16.5. The van der Waals surface area contributed by atoms with Gasteiger partial charge >= 0.3 is 0 Å². The van der Waals surface area contributed by atoms with Gasteiger partial charge in [-0.25, -0.2) is 0 Å². The molecular formula is C15H25NO. The van der Waals surface area contributed by atoms with Crippen LogP contribution in [0, 0.1) is 12.8 Å². The Morgan fingerprint density at radius 1 is 1.29 bits per heavy atom. The van der Waals surface area contributed by atoms with E-state index in [-0.39, 0.29) is 0 Å². The maximum atomic E-state index is 5.24. The van der Waals surface area contributed by atoms with Crippen LogP contribution in [-0.2, 0) is 0 Å². The van der Waals surface area contributed by atoms with E-state index < -0.39 is 0 Å². The minimum atomic E-state index is 0.569. The fraction of sp³-hybridized carbons (Fsp3) is 0.600. The summed E-state index contributed by atoms with van der Waals surface area (Å²) in [6.07, 6.45) is 0. The van der Waals surface area contributed by atoms with E-state index in [0.29, 0.717) is 11.8 Å². The number of benzene rings is 1. The van der Waals surface area contributed by atoms with Gasteiger partial charge < -0.3 is 10.1 Å². The van der Waals surface area contributed by atoms with Crippen molar-refractivity contribution in [1.82, 2.24) is 5.32 Å². The maximum absolute atomic E-state index is 5.24. The predicted molar refractivity (Wildman–Crippen MR) is 73.9 cm³/mol. The molecule has 0 fully saturated rings. The van der Waals surface area contributed by atoms with Crippen molar-refractivity contribution in [2.24, 2.45) is 5.92 Å². The van der Waals surface area contributed by atoms with Gasteiger partial charge in [-0.05, 0) is 55.1 Å². The van der Waals surface area contributed by atoms with Gasteiger partial charge in [-0.2, -0.15) is 0 Å². The summed E-state index contributed by atoms with van der Waals surface area (Å²) in [4.78, 5) is 0. The fourth-order valence-electron chi connectivity index (χ4n) is 2.14. The molecule has 1 rings (SSSR count). The molecule has 0 aromatic heterocycles. The van der Waals surface area contributed by atoms with Crippen LogP contribution in [0.4, 0.5) is 0 Å². The number of nitrogens with one attached hydrogen (secondary N) is 1. The van der Waals surface area contributed by atoms with E-state index in [1.165, 1.54) is 11.1 Å². The van der Waals surface area contributed by atoms with E-state index in [9.17, 15) is 0 Å². The normalized spacial score (nSPS) is 14.4. The molecule has 1 aromatic rings. The van der Waals surface area contributed by atoms with Gasteiger partial charge in [-0.1, -0.05) is 26.8 Å². The molecule has 0 aliphatic carbocycles. The van der Waals surface area contributed by atoms with Crippen molar-refractivity contribution in [2.75, 3.05) is 20.2 Å². The van der Waals surface area contributed by atoms with Gasteiger partial charge in [-0.3, -0.25) is 0 Å². The Morgan fingerprint density at radius 3 is 2.53 bits per heavy atom. The van der Waals surface area contributed by atoms with Crippen LogP contribution in [0.25, 0.3) is 0 Å². The summed E-state index contributed by atoms with van der Waals surface area (Å²) in [6.45, 7) is 11.0. The second-order valence-electron chi connectivity index (χ2n) is 4.80. The highest BCUT2D eigenvalue weighted by Crippen LogP contribution is 2.28. The van der Waals surface area contributed by atoms with Gasteiger partial charge in [0.05, 0.1) is 7.11 Å². The van der Waals surface area contributed by atoms with E-state index in [1.54, 1.807) is 7.11 Å².